The van der Waals surface area contributed by atoms with Gasteiger partial charge in [0.15, 0.2) is 0 Å². The van der Waals surface area contributed by atoms with Crippen LogP contribution in [0.1, 0.15) is 11.1 Å². The van der Waals surface area contributed by atoms with Crippen LogP contribution in [-0.2, 0) is 6.54 Å². The van der Waals surface area contributed by atoms with E-state index in [2.05, 4.69) is 46.0 Å². The van der Waals surface area contributed by atoms with Gasteiger partial charge in [-0.05, 0) is 30.7 Å². The van der Waals surface area contributed by atoms with Crippen molar-refractivity contribution in [3.8, 4) is 0 Å². The summed E-state index contributed by atoms with van der Waals surface area (Å²) in [5, 5.41) is 0. The number of hydrogen-bond acceptors (Lipinski definition) is 4. The SMILES string of the molecule is Cc1ccc(N2CCN(c3ccccn3)CC2)c(CN)c1. The van der Waals surface area contributed by atoms with Gasteiger partial charge in [-0.25, -0.2) is 4.98 Å². The molecule has 0 unspecified atom stereocenters. The van der Waals surface area contributed by atoms with E-state index in [0.717, 1.165) is 32.0 Å². The molecule has 0 bridgehead atoms. The first-order chi connectivity index (χ1) is 10.3. The molecule has 1 aromatic carbocycles. The average molecular weight is 282 g/mol. The minimum absolute atomic E-state index is 0.595. The van der Waals surface area contributed by atoms with Crippen molar-refractivity contribution in [2.24, 2.45) is 5.73 Å². The number of aromatic nitrogens is 1. The smallest absolute Gasteiger partial charge is 0.128 e. The first-order valence-electron chi connectivity index (χ1n) is 7.48. The van der Waals surface area contributed by atoms with E-state index in [-0.39, 0.29) is 0 Å². The van der Waals surface area contributed by atoms with Gasteiger partial charge in [0.1, 0.15) is 5.82 Å². The summed E-state index contributed by atoms with van der Waals surface area (Å²) < 4.78 is 0. The maximum atomic E-state index is 5.90. The van der Waals surface area contributed by atoms with E-state index >= 15 is 0 Å². The zero-order valence-corrected chi connectivity index (χ0v) is 12.5. The predicted molar refractivity (Wildman–Crippen MR) is 87.7 cm³/mol. The summed E-state index contributed by atoms with van der Waals surface area (Å²) in [5.41, 5.74) is 9.69. The lowest BCUT2D eigenvalue weighted by Gasteiger charge is -2.37. The molecule has 3 rings (SSSR count). The fourth-order valence-electron chi connectivity index (χ4n) is 2.90. The van der Waals surface area contributed by atoms with E-state index in [4.69, 9.17) is 5.73 Å². The Balaban J connectivity index is 1.71. The number of anilines is 2. The van der Waals surface area contributed by atoms with E-state index in [1.54, 1.807) is 0 Å². The molecule has 1 aliphatic heterocycles. The summed E-state index contributed by atoms with van der Waals surface area (Å²) in [4.78, 5) is 9.20. The van der Waals surface area contributed by atoms with Crippen LogP contribution in [-0.4, -0.2) is 31.2 Å². The molecule has 0 atom stereocenters. The quantitative estimate of drug-likeness (QED) is 0.937. The summed E-state index contributed by atoms with van der Waals surface area (Å²) in [7, 11) is 0. The Morgan fingerprint density at radius 2 is 1.81 bits per heavy atom. The third kappa shape index (κ3) is 3.00. The van der Waals surface area contributed by atoms with Crippen LogP contribution in [0.2, 0.25) is 0 Å². The van der Waals surface area contributed by atoms with E-state index in [0.29, 0.717) is 6.54 Å². The van der Waals surface area contributed by atoms with Crippen LogP contribution in [0.4, 0.5) is 11.5 Å². The number of nitrogens with two attached hydrogens (primary N) is 1. The van der Waals surface area contributed by atoms with E-state index in [9.17, 15) is 0 Å². The Hall–Kier alpha value is -2.07. The normalized spacial score (nSPS) is 15.3. The van der Waals surface area contributed by atoms with Gasteiger partial charge in [-0.2, -0.15) is 0 Å². The predicted octanol–water partition coefficient (Wildman–Crippen LogP) is 2.18. The molecule has 0 aliphatic carbocycles. The fraction of sp³-hybridized carbons (Fsp3) is 0.353. The molecule has 1 aromatic heterocycles. The molecule has 0 saturated carbocycles. The lowest BCUT2D eigenvalue weighted by Crippen LogP contribution is -2.47. The van der Waals surface area contributed by atoms with Crippen LogP contribution in [0, 0.1) is 6.92 Å². The summed E-state index contributed by atoms with van der Waals surface area (Å²) in [5.74, 6) is 1.07. The lowest BCUT2D eigenvalue weighted by atomic mass is 10.1. The minimum atomic E-state index is 0.595. The Bertz CT molecular complexity index is 589. The highest BCUT2D eigenvalue weighted by molar-refractivity contribution is 5.56. The van der Waals surface area contributed by atoms with E-state index in [1.165, 1.54) is 16.8 Å². The molecule has 1 fully saturated rings. The summed E-state index contributed by atoms with van der Waals surface area (Å²) >= 11 is 0. The second-order valence-electron chi connectivity index (χ2n) is 5.50. The van der Waals surface area contributed by atoms with Gasteiger partial charge in [-0.3, -0.25) is 0 Å². The van der Waals surface area contributed by atoms with Crippen molar-refractivity contribution in [2.75, 3.05) is 36.0 Å². The first-order valence-corrected chi connectivity index (χ1v) is 7.48. The highest BCUT2D eigenvalue weighted by atomic mass is 15.3. The Morgan fingerprint density at radius 1 is 1.05 bits per heavy atom. The molecular weight excluding hydrogens is 260 g/mol. The summed E-state index contributed by atoms with van der Waals surface area (Å²) in [6.07, 6.45) is 1.86. The molecule has 1 aliphatic rings. The van der Waals surface area contributed by atoms with Crippen molar-refractivity contribution >= 4 is 11.5 Å². The zero-order valence-electron chi connectivity index (χ0n) is 12.5. The van der Waals surface area contributed by atoms with Crippen molar-refractivity contribution in [3.05, 3.63) is 53.7 Å². The molecule has 21 heavy (non-hydrogen) atoms. The molecule has 2 heterocycles. The van der Waals surface area contributed by atoms with Crippen molar-refractivity contribution in [1.29, 1.82) is 0 Å². The molecular formula is C17H22N4. The Labute approximate surface area is 126 Å². The lowest BCUT2D eigenvalue weighted by molar-refractivity contribution is 0.645. The van der Waals surface area contributed by atoms with Crippen molar-refractivity contribution in [3.63, 3.8) is 0 Å². The van der Waals surface area contributed by atoms with Crippen LogP contribution in [0.3, 0.4) is 0 Å². The standard InChI is InChI=1S/C17H22N4/c1-14-5-6-16(15(12-14)13-18)20-8-10-21(11-9-20)17-4-2-3-7-19-17/h2-7,12H,8-11,13,18H2,1H3. The Morgan fingerprint density at radius 3 is 2.48 bits per heavy atom. The maximum absolute atomic E-state index is 5.90. The van der Waals surface area contributed by atoms with Crippen LogP contribution in [0.5, 0.6) is 0 Å². The molecule has 110 valence electrons. The van der Waals surface area contributed by atoms with Gasteiger partial charge in [0.2, 0.25) is 0 Å². The van der Waals surface area contributed by atoms with Crippen LogP contribution < -0.4 is 15.5 Å². The van der Waals surface area contributed by atoms with Gasteiger partial charge in [-0.15, -0.1) is 0 Å². The maximum Gasteiger partial charge on any atom is 0.128 e. The van der Waals surface area contributed by atoms with Gasteiger partial charge in [0.25, 0.3) is 0 Å². The monoisotopic (exact) mass is 282 g/mol. The van der Waals surface area contributed by atoms with Crippen molar-refractivity contribution in [1.82, 2.24) is 4.98 Å². The topological polar surface area (TPSA) is 45.4 Å². The second kappa shape index (κ2) is 6.14. The largest absolute Gasteiger partial charge is 0.368 e. The van der Waals surface area contributed by atoms with Gasteiger partial charge >= 0.3 is 0 Å². The third-order valence-electron chi connectivity index (χ3n) is 4.05. The third-order valence-corrected chi connectivity index (χ3v) is 4.05. The van der Waals surface area contributed by atoms with Gasteiger partial charge < -0.3 is 15.5 Å². The number of nitrogens with zero attached hydrogens (tertiary/aromatic N) is 3. The highest BCUT2D eigenvalue weighted by Crippen LogP contribution is 2.24. The summed E-state index contributed by atoms with van der Waals surface area (Å²) in [6.45, 7) is 6.71. The number of benzene rings is 1. The Kier molecular flexibility index (Phi) is 4.06. The second-order valence-corrected chi connectivity index (χ2v) is 5.50. The van der Waals surface area contributed by atoms with Gasteiger partial charge in [-0.1, -0.05) is 23.8 Å². The van der Waals surface area contributed by atoms with Gasteiger partial charge in [0.05, 0.1) is 0 Å². The van der Waals surface area contributed by atoms with Crippen molar-refractivity contribution < 1.29 is 0 Å². The van der Waals surface area contributed by atoms with Gasteiger partial charge in [0, 0.05) is 44.6 Å². The molecule has 0 radical (unpaired) electrons. The molecule has 4 nitrogen and oxygen atoms in total. The first kappa shape index (κ1) is 13.9. The molecule has 4 heteroatoms. The number of pyridine rings is 1. The molecule has 2 aromatic rings. The average Bonchev–Trinajstić information content (AvgIpc) is 2.56. The summed E-state index contributed by atoms with van der Waals surface area (Å²) in [6, 6.07) is 12.6. The molecule has 1 saturated heterocycles. The molecule has 2 N–H and O–H groups in total. The van der Waals surface area contributed by atoms with E-state index < -0.39 is 0 Å². The number of hydrogen-bond donors (Lipinski definition) is 1. The van der Waals surface area contributed by atoms with Crippen molar-refractivity contribution in [2.45, 2.75) is 13.5 Å². The highest BCUT2D eigenvalue weighted by Gasteiger charge is 2.19. The van der Waals surface area contributed by atoms with Crippen LogP contribution in [0.25, 0.3) is 0 Å². The zero-order chi connectivity index (χ0) is 14.7. The number of rotatable bonds is 3. The minimum Gasteiger partial charge on any atom is -0.368 e. The molecule has 0 amide bonds. The molecule has 0 spiro atoms. The van der Waals surface area contributed by atoms with E-state index in [1.807, 2.05) is 18.3 Å². The van der Waals surface area contributed by atoms with Crippen LogP contribution >= 0.6 is 0 Å². The van der Waals surface area contributed by atoms with Crippen LogP contribution in [0.15, 0.2) is 42.6 Å². The number of aryl methyl sites for hydroxylation is 1. The number of piperazine rings is 1. The fourth-order valence-corrected chi connectivity index (χ4v) is 2.90.